The molecule has 0 saturated heterocycles. The summed E-state index contributed by atoms with van der Waals surface area (Å²) < 4.78 is 0. The molecule has 0 aromatic carbocycles. The molecule has 0 heterocycles. The molecule has 0 aromatic rings. The van der Waals surface area contributed by atoms with E-state index < -0.39 is 0 Å². The van der Waals surface area contributed by atoms with Crippen LogP contribution in [0.1, 0.15) is 32.6 Å². The van der Waals surface area contributed by atoms with Gasteiger partial charge in [-0.25, -0.2) is 0 Å². The Balaban J connectivity index is 2.43. The van der Waals surface area contributed by atoms with E-state index in [2.05, 4.69) is 11.9 Å². The van der Waals surface area contributed by atoms with Crippen LogP contribution >= 0.6 is 0 Å². The fourth-order valence-electron chi connectivity index (χ4n) is 2.30. The van der Waals surface area contributed by atoms with Crippen LogP contribution in [0.25, 0.3) is 0 Å². The minimum absolute atomic E-state index is 0.0622. The van der Waals surface area contributed by atoms with Gasteiger partial charge in [0, 0.05) is 19.1 Å². The minimum atomic E-state index is -0.208. The third-order valence-corrected chi connectivity index (χ3v) is 3.38. The van der Waals surface area contributed by atoms with Crippen LogP contribution in [0.5, 0.6) is 0 Å². The lowest BCUT2D eigenvalue weighted by molar-refractivity contribution is -0.126. The lowest BCUT2D eigenvalue weighted by atomic mass is 10.2. The van der Waals surface area contributed by atoms with Gasteiger partial charge in [0.2, 0.25) is 5.91 Å². The molecular formula is C13H24N2O2. The first-order valence-electron chi connectivity index (χ1n) is 6.45. The van der Waals surface area contributed by atoms with Crippen LogP contribution in [0.4, 0.5) is 0 Å². The molecule has 0 aromatic heterocycles. The van der Waals surface area contributed by atoms with E-state index in [1.54, 1.807) is 6.08 Å². The van der Waals surface area contributed by atoms with E-state index in [-0.39, 0.29) is 18.6 Å². The summed E-state index contributed by atoms with van der Waals surface area (Å²) in [6.45, 7) is 6.75. The number of hydrogen-bond donors (Lipinski definition) is 2. The maximum absolute atomic E-state index is 12.0. The van der Waals surface area contributed by atoms with Crippen molar-refractivity contribution >= 4 is 5.91 Å². The predicted octanol–water partition coefficient (Wildman–Crippen LogP) is 0.914. The molecule has 98 valence electrons. The molecule has 1 saturated carbocycles. The monoisotopic (exact) mass is 240 g/mol. The molecule has 2 N–H and O–H groups in total. The summed E-state index contributed by atoms with van der Waals surface area (Å²) in [5.74, 6) is 0.0622. The Morgan fingerprint density at radius 3 is 2.76 bits per heavy atom. The summed E-state index contributed by atoms with van der Waals surface area (Å²) in [6.07, 6.45) is 6.38. The average Bonchev–Trinajstić information content (AvgIpc) is 2.80. The van der Waals surface area contributed by atoms with Crippen molar-refractivity contribution in [1.29, 1.82) is 0 Å². The summed E-state index contributed by atoms with van der Waals surface area (Å²) in [5, 5.41) is 12.0. The van der Waals surface area contributed by atoms with Crippen molar-refractivity contribution < 1.29 is 9.90 Å². The van der Waals surface area contributed by atoms with Gasteiger partial charge in [-0.1, -0.05) is 18.9 Å². The molecule has 1 atom stereocenters. The number of carbonyl (C=O) groups is 1. The smallest absolute Gasteiger partial charge is 0.237 e. The fraction of sp³-hybridized carbons (Fsp3) is 0.769. The average molecular weight is 240 g/mol. The Morgan fingerprint density at radius 1 is 1.59 bits per heavy atom. The second kappa shape index (κ2) is 7.45. The molecule has 0 radical (unpaired) electrons. The van der Waals surface area contributed by atoms with Crippen LogP contribution in [0, 0.1) is 0 Å². The predicted molar refractivity (Wildman–Crippen MR) is 68.7 cm³/mol. The summed E-state index contributed by atoms with van der Waals surface area (Å²) in [4.78, 5) is 13.9. The normalized spacial score (nSPS) is 18.3. The summed E-state index contributed by atoms with van der Waals surface area (Å²) in [7, 11) is 0. The van der Waals surface area contributed by atoms with Crippen LogP contribution in [0.2, 0.25) is 0 Å². The van der Waals surface area contributed by atoms with Gasteiger partial charge in [-0.3, -0.25) is 9.69 Å². The maximum Gasteiger partial charge on any atom is 0.237 e. The highest BCUT2D eigenvalue weighted by Crippen LogP contribution is 2.17. The minimum Gasteiger partial charge on any atom is -0.395 e. The van der Waals surface area contributed by atoms with Gasteiger partial charge in [0.05, 0.1) is 12.6 Å². The Hall–Kier alpha value is -0.870. The first-order valence-corrected chi connectivity index (χ1v) is 6.45. The first-order chi connectivity index (χ1) is 8.19. The van der Waals surface area contributed by atoms with Crippen molar-refractivity contribution in [2.75, 3.05) is 19.7 Å². The van der Waals surface area contributed by atoms with E-state index >= 15 is 0 Å². The summed E-state index contributed by atoms with van der Waals surface area (Å²) >= 11 is 0. The van der Waals surface area contributed by atoms with Gasteiger partial charge < -0.3 is 10.4 Å². The molecule has 0 spiro atoms. The lowest BCUT2D eigenvalue weighted by Crippen LogP contribution is -2.48. The number of amides is 1. The number of nitrogens with zero attached hydrogens (tertiary/aromatic N) is 1. The maximum atomic E-state index is 12.0. The molecule has 1 rings (SSSR count). The van der Waals surface area contributed by atoms with Crippen molar-refractivity contribution in [3.63, 3.8) is 0 Å². The summed E-state index contributed by atoms with van der Waals surface area (Å²) in [5.41, 5.74) is 0. The van der Waals surface area contributed by atoms with Gasteiger partial charge in [-0.15, -0.1) is 6.58 Å². The first kappa shape index (κ1) is 14.2. The van der Waals surface area contributed by atoms with Crippen LogP contribution in [-0.2, 0) is 4.79 Å². The molecule has 4 heteroatoms. The number of hydrogen-bond acceptors (Lipinski definition) is 3. The SMILES string of the molecule is C=CCN(CCO)C(C)C(=O)NC1CCCC1. The van der Waals surface area contributed by atoms with E-state index in [9.17, 15) is 4.79 Å². The van der Waals surface area contributed by atoms with Gasteiger partial charge in [0.1, 0.15) is 0 Å². The zero-order valence-corrected chi connectivity index (χ0v) is 10.7. The van der Waals surface area contributed by atoms with E-state index in [1.807, 2.05) is 11.8 Å². The zero-order valence-electron chi connectivity index (χ0n) is 10.7. The largest absolute Gasteiger partial charge is 0.395 e. The van der Waals surface area contributed by atoms with Gasteiger partial charge >= 0.3 is 0 Å². The van der Waals surface area contributed by atoms with Crippen molar-refractivity contribution in [3.05, 3.63) is 12.7 Å². The fourth-order valence-corrected chi connectivity index (χ4v) is 2.30. The van der Waals surface area contributed by atoms with Gasteiger partial charge in [0.15, 0.2) is 0 Å². The molecule has 17 heavy (non-hydrogen) atoms. The number of rotatable bonds is 7. The van der Waals surface area contributed by atoms with E-state index in [4.69, 9.17) is 5.11 Å². The number of aliphatic hydroxyl groups is 1. The standard InChI is InChI=1S/C13H24N2O2/c1-3-8-15(9-10-16)11(2)13(17)14-12-6-4-5-7-12/h3,11-12,16H,1,4-10H2,2H3,(H,14,17). The van der Waals surface area contributed by atoms with E-state index in [0.717, 1.165) is 12.8 Å². The van der Waals surface area contributed by atoms with Crippen molar-refractivity contribution in [1.82, 2.24) is 10.2 Å². The molecule has 1 aliphatic carbocycles. The van der Waals surface area contributed by atoms with Crippen molar-refractivity contribution in [2.45, 2.75) is 44.7 Å². The highest BCUT2D eigenvalue weighted by Gasteiger charge is 2.23. The Morgan fingerprint density at radius 2 is 2.24 bits per heavy atom. The highest BCUT2D eigenvalue weighted by atomic mass is 16.3. The van der Waals surface area contributed by atoms with Gasteiger partial charge in [-0.05, 0) is 19.8 Å². The molecule has 1 fully saturated rings. The van der Waals surface area contributed by atoms with Crippen molar-refractivity contribution in [3.8, 4) is 0 Å². The van der Waals surface area contributed by atoms with E-state index in [0.29, 0.717) is 19.1 Å². The van der Waals surface area contributed by atoms with Crippen LogP contribution < -0.4 is 5.32 Å². The van der Waals surface area contributed by atoms with E-state index in [1.165, 1.54) is 12.8 Å². The number of aliphatic hydroxyl groups excluding tert-OH is 1. The Kier molecular flexibility index (Phi) is 6.22. The second-order valence-electron chi connectivity index (χ2n) is 4.67. The Bertz CT molecular complexity index is 250. The number of nitrogens with one attached hydrogen (secondary N) is 1. The van der Waals surface area contributed by atoms with Gasteiger partial charge in [-0.2, -0.15) is 0 Å². The molecule has 0 bridgehead atoms. The van der Waals surface area contributed by atoms with Crippen LogP contribution in [0.3, 0.4) is 0 Å². The second-order valence-corrected chi connectivity index (χ2v) is 4.67. The Labute approximate surface area is 104 Å². The molecule has 1 unspecified atom stereocenters. The quantitative estimate of drug-likeness (QED) is 0.651. The molecule has 4 nitrogen and oxygen atoms in total. The molecular weight excluding hydrogens is 216 g/mol. The van der Waals surface area contributed by atoms with Crippen molar-refractivity contribution in [2.24, 2.45) is 0 Å². The topological polar surface area (TPSA) is 52.6 Å². The zero-order chi connectivity index (χ0) is 12.7. The number of carbonyl (C=O) groups excluding carboxylic acids is 1. The third-order valence-electron chi connectivity index (χ3n) is 3.38. The van der Waals surface area contributed by atoms with Crippen LogP contribution in [0.15, 0.2) is 12.7 Å². The third kappa shape index (κ3) is 4.48. The van der Waals surface area contributed by atoms with Gasteiger partial charge in [0.25, 0.3) is 0 Å². The molecule has 1 aliphatic rings. The molecule has 0 aliphatic heterocycles. The molecule has 1 amide bonds. The highest BCUT2D eigenvalue weighted by molar-refractivity contribution is 5.81. The van der Waals surface area contributed by atoms with Crippen LogP contribution in [-0.4, -0.2) is 47.7 Å². The summed E-state index contributed by atoms with van der Waals surface area (Å²) in [6, 6.07) is 0.144. The lowest BCUT2D eigenvalue weighted by Gasteiger charge is -2.27.